The maximum Gasteiger partial charge on any atom is 0.128 e. The Morgan fingerprint density at radius 1 is 0.404 bits per heavy atom. The summed E-state index contributed by atoms with van der Waals surface area (Å²) in [7, 11) is 0. The Kier molecular flexibility index (Phi) is 5.49. The van der Waals surface area contributed by atoms with E-state index in [0.29, 0.717) is 11.5 Å². The zero-order chi connectivity index (χ0) is 31.3. The Morgan fingerprint density at radius 2 is 0.830 bits per heavy atom. The van der Waals surface area contributed by atoms with Crippen molar-refractivity contribution >= 4 is 43.1 Å². The van der Waals surface area contributed by atoms with E-state index in [0.717, 1.165) is 91.4 Å². The highest BCUT2D eigenvalue weighted by molar-refractivity contribution is 6.04. The van der Waals surface area contributed by atoms with E-state index < -0.39 is 5.41 Å². The van der Waals surface area contributed by atoms with Gasteiger partial charge in [0.2, 0.25) is 0 Å². The van der Waals surface area contributed by atoms with Crippen molar-refractivity contribution in [3.05, 3.63) is 156 Å². The molecule has 224 valence electrons. The van der Waals surface area contributed by atoms with E-state index in [9.17, 15) is 10.2 Å². The monoisotopic (exact) mass is 604 g/mol. The Labute approximate surface area is 273 Å². The molecule has 8 aromatic carbocycles. The third kappa shape index (κ3) is 3.73. The number of hydrogen-bond donors (Lipinski definition) is 2. The third-order valence-corrected chi connectivity index (χ3v) is 11.2. The number of fused-ring (bicyclic) bond motifs is 4. The number of aromatic hydroxyl groups is 2. The van der Waals surface area contributed by atoms with Gasteiger partial charge in [0.1, 0.15) is 11.5 Å². The lowest BCUT2D eigenvalue weighted by molar-refractivity contribution is 0.376. The van der Waals surface area contributed by atoms with Gasteiger partial charge in [0.25, 0.3) is 0 Å². The van der Waals surface area contributed by atoms with Crippen LogP contribution >= 0.6 is 0 Å². The standard InChI is InChI=1S/C45H32O2/c46-43-37(33-17-15-27-7-1-3-9-31(27)23-33)25-35-13-5-11-29-19-21-45(41(43)39(29)35)22-20-30-12-6-14-36-26-38(44(47)42(45)40(30)36)34-18-16-28-8-2-4-10-32(28)24-34/h1-18,23-26,46-47H,19-22H2. The van der Waals surface area contributed by atoms with Gasteiger partial charge in [-0.3, -0.25) is 0 Å². The molecule has 0 radical (unpaired) electrons. The molecule has 0 heterocycles. The van der Waals surface area contributed by atoms with Crippen LogP contribution in [0.5, 0.6) is 11.5 Å². The second kappa shape index (κ2) is 9.70. The molecule has 2 aliphatic carbocycles. The van der Waals surface area contributed by atoms with Crippen LogP contribution in [0.3, 0.4) is 0 Å². The fourth-order valence-corrected chi connectivity index (χ4v) is 8.99. The Morgan fingerprint density at radius 3 is 1.30 bits per heavy atom. The summed E-state index contributed by atoms with van der Waals surface area (Å²) < 4.78 is 0. The van der Waals surface area contributed by atoms with Crippen LogP contribution in [0.15, 0.2) is 133 Å². The van der Waals surface area contributed by atoms with Crippen molar-refractivity contribution in [2.24, 2.45) is 0 Å². The molecule has 0 unspecified atom stereocenters. The fraction of sp³-hybridized carbons (Fsp3) is 0.111. The summed E-state index contributed by atoms with van der Waals surface area (Å²) in [5.41, 5.74) is 7.62. The van der Waals surface area contributed by atoms with Crippen LogP contribution < -0.4 is 0 Å². The van der Waals surface area contributed by atoms with E-state index in [4.69, 9.17) is 0 Å². The number of phenolic OH excluding ortho intramolecular Hbond substituents is 2. The van der Waals surface area contributed by atoms with Crippen molar-refractivity contribution in [2.75, 3.05) is 0 Å². The first-order valence-electron chi connectivity index (χ1n) is 16.6. The van der Waals surface area contributed by atoms with Gasteiger partial charge in [-0.05, 0) is 115 Å². The minimum atomic E-state index is -0.549. The van der Waals surface area contributed by atoms with Crippen LogP contribution in [-0.2, 0) is 18.3 Å². The van der Waals surface area contributed by atoms with Crippen molar-refractivity contribution in [2.45, 2.75) is 31.1 Å². The summed E-state index contributed by atoms with van der Waals surface area (Å²) in [4.78, 5) is 0. The van der Waals surface area contributed by atoms with E-state index in [-0.39, 0.29) is 0 Å². The van der Waals surface area contributed by atoms with Crippen LogP contribution in [0.1, 0.15) is 35.1 Å². The minimum Gasteiger partial charge on any atom is -0.507 e. The molecule has 0 aliphatic heterocycles. The molecule has 0 saturated heterocycles. The molecule has 1 spiro atoms. The zero-order valence-electron chi connectivity index (χ0n) is 25.9. The van der Waals surface area contributed by atoms with Gasteiger partial charge < -0.3 is 10.2 Å². The summed E-state index contributed by atoms with van der Waals surface area (Å²) in [5.74, 6) is 0.672. The molecule has 2 nitrogen and oxygen atoms in total. The van der Waals surface area contributed by atoms with Crippen LogP contribution in [0.4, 0.5) is 0 Å². The maximum atomic E-state index is 12.6. The van der Waals surface area contributed by atoms with Gasteiger partial charge in [0.05, 0.1) is 0 Å². The van der Waals surface area contributed by atoms with Crippen LogP contribution in [0, 0.1) is 0 Å². The lowest BCUT2D eigenvalue weighted by atomic mass is 9.58. The van der Waals surface area contributed by atoms with E-state index in [2.05, 4.69) is 133 Å². The summed E-state index contributed by atoms with van der Waals surface area (Å²) in [5, 5.41) is 34.4. The summed E-state index contributed by atoms with van der Waals surface area (Å²) in [6, 6.07) is 47.1. The zero-order valence-corrected chi connectivity index (χ0v) is 25.9. The molecule has 2 heteroatoms. The van der Waals surface area contributed by atoms with Crippen LogP contribution in [0.2, 0.25) is 0 Å². The molecule has 0 atom stereocenters. The molecule has 0 fully saturated rings. The van der Waals surface area contributed by atoms with E-state index in [1.807, 2.05) is 0 Å². The number of rotatable bonds is 2. The minimum absolute atomic E-state index is 0.336. The van der Waals surface area contributed by atoms with Gasteiger partial charge in [-0.25, -0.2) is 0 Å². The second-order valence-corrected chi connectivity index (χ2v) is 13.5. The number of benzene rings is 8. The van der Waals surface area contributed by atoms with Crippen LogP contribution in [0.25, 0.3) is 65.3 Å². The molecule has 0 bridgehead atoms. The normalized spacial score (nSPS) is 14.8. The Bertz CT molecular complexity index is 2430. The van der Waals surface area contributed by atoms with Gasteiger partial charge in [0.15, 0.2) is 0 Å². The quantitative estimate of drug-likeness (QED) is 0.206. The topological polar surface area (TPSA) is 40.5 Å². The molecule has 2 N–H and O–H groups in total. The lowest BCUT2D eigenvalue weighted by Gasteiger charge is -2.44. The molecule has 2 aliphatic rings. The molecule has 8 aromatic rings. The molecular formula is C45H32O2. The van der Waals surface area contributed by atoms with E-state index in [1.54, 1.807) is 0 Å². The summed E-state index contributed by atoms with van der Waals surface area (Å²) in [6.07, 6.45) is 3.43. The number of phenols is 2. The van der Waals surface area contributed by atoms with Gasteiger partial charge in [-0.1, -0.05) is 109 Å². The SMILES string of the molecule is Oc1c(-c2ccc3ccccc3c2)cc2cccc3c2c1C1(CC3)CCc2cccc3cc(-c4ccc5ccccc5c4)c(O)c1c23. The van der Waals surface area contributed by atoms with Crippen LogP contribution in [-0.4, -0.2) is 10.2 Å². The smallest absolute Gasteiger partial charge is 0.128 e. The first-order chi connectivity index (χ1) is 23.1. The van der Waals surface area contributed by atoms with E-state index >= 15 is 0 Å². The molecule has 0 amide bonds. The predicted molar refractivity (Wildman–Crippen MR) is 195 cm³/mol. The highest BCUT2D eigenvalue weighted by atomic mass is 16.3. The highest BCUT2D eigenvalue weighted by Gasteiger charge is 2.46. The Hall–Kier alpha value is -5.60. The van der Waals surface area contributed by atoms with Crippen molar-refractivity contribution in [1.29, 1.82) is 0 Å². The summed E-state index contributed by atoms with van der Waals surface area (Å²) in [6.45, 7) is 0. The Balaban J connectivity index is 1.30. The van der Waals surface area contributed by atoms with Gasteiger partial charge in [-0.15, -0.1) is 0 Å². The third-order valence-electron chi connectivity index (χ3n) is 11.2. The van der Waals surface area contributed by atoms with Gasteiger partial charge >= 0.3 is 0 Å². The van der Waals surface area contributed by atoms with Gasteiger partial charge in [0, 0.05) is 27.7 Å². The lowest BCUT2D eigenvalue weighted by Crippen LogP contribution is -2.35. The average molecular weight is 605 g/mol. The van der Waals surface area contributed by atoms with Crippen molar-refractivity contribution in [3.63, 3.8) is 0 Å². The van der Waals surface area contributed by atoms with Crippen molar-refractivity contribution in [3.8, 4) is 33.8 Å². The number of hydrogen-bond acceptors (Lipinski definition) is 2. The molecule has 10 rings (SSSR count). The molecular weight excluding hydrogens is 572 g/mol. The van der Waals surface area contributed by atoms with Crippen molar-refractivity contribution in [1.82, 2.24) is 0 Å². The predicted octanol–water partition coefficient (Wildman–Crippen LogP) is 11.2. The first kappa shape index (κ1) is 26.6. The summed E-state index contributed by atoms with van der Waals surface area (Å²) >= 11 is 0. The largest absolute Gasteiger partial charge is 0.507 e. The second-order valence-electron chi connectivity index (χ2n) is 13.5. The molecule has 0 aromatic heterocycles. The molecule has 47 heavy (non-hydrogen) atoms. The average Bonchev–Trinajstić information content (AvgIpc) is 3.12. The van der Waals surface area contributed by atoms with E-state index in [1.165, 1.54) is 21.9 Å². The van der Waals surface area contributed by atoms with Gasteiger partial charge in [-0.2, -0.15) is 0 Å². The van der Waals surface area contributed by atoms with Crippen molar-refractivity contribution < 1.29 is 10.2 Å². The number of aryl methyl sites for hydroxylation is 2. The maximum absolute atomic E-state index is 12.6. The highest BCUT2D eigenvalue weighted by Crippen LogP contribution is 2.60. The fourth-order valence-electron chi connectivity index (χ4n) is 8.99. The molecule has 0 saturated carbocycles. The first-order valence-corrected chi connectivity index (χ1v) is 16.6.